The van der Waals surface area contributed by atoms with Crippen LogP contribution in [0.3, 0.4) is 0 Å². The van der Waals surface area contributed by atoms with Crippen molar-refractivity contribution in [3.8, 4) is 0 Å². The first kappa shape index (κ1) is 11.9. The molecule has 0 aliphatic heterocycles. The fourth-order valence-electron chi connectivity index (χ4n) is 2.03. The molecule has 1 N–H and O–H groups in total. The van der Waals surface area contributed by atoms with E-state index < -0.39 is 6.10 Å². The summed E-state index contributed by atoms with van der Waals surface area (Å²) in [6.07, 6.45) is -0.678. The predicted molar refractivity (Wildman–Crippen MR) is 68.2 cm³/mol. The smallest absolute Gasteiger partial charge is 0.137 e. The molecule has 2 heteroatoms. The number of aliphatic hydroxyl groups excluding tert-OH is 1. The van der Waals surface area contributed by atoms with E-state index >= 15 is 0 Å². The van der Waals surface area contributed by atoms with E-state index in [1.807, 2.05) is 32.0 Å². The van der Waals surface area contributed by atoms with Crippen molar-refractivity contribution in [2.75, 3.05) is 0 Å². The van der Waals surface area contributed by atoms with Gasteiger partial charge in [0.1, 0.15) is 17.6 Å². The maximum Gasteiger partial charge on any atom is 0.137 e. The molecule has 0 saturated carbocycles. The molecule has 1 heterocycles. The average molecular weight is 230 g/mol. The van der Waals surface area contributed by atoms with Gasteiger partial charge in [-0.05, 0) is 62.1 Å². The quantitative estimate of drug-likeness (QED) is 0.855. The van der Waals surface area contributed by atoms with Crippen LogP contribution in [0.2, 0.25) is 0 Å². The molecule has 0 fully saturated rings. The lowest BCUT2D eigenvalue weighted by Gasteiger charge is -2.14. The van der Waals surface area contributed by atoms with Crippen molar-refractivity contribution in [3.63, 3.8) is 0 Å². The van der Waals surface area contributed by atoms with Crippen LogP contribution < -0.4 is 0 Å². The van der Waals surface area contributed by atoms with E-state index in [4.69, 9.17) is 4.42 Å². The molecule has 0 bridgehead atoms. The molecule has 2 aromatic rings. The first-order valence-corrected chi connectivity index (χ1v) is 5.81. The number of aryl methyl sites for hydroxylation is 4. The van der Waals surface area contributed by atoms with Crippen molar-refractivity contribution in [2.24, 2.45) is 0 Å². The first-order chi connectivity index (χ1) is 7.99. The Bertz CT molecular complexity index is 538. The van der Waals surface area contributed by atoms with Crippen LogP contribution in [0, 0.1) is 27.7 Å². The van der Waals surface area contributed by atoms with Crippen molar-refractivity contribution >= 4 is 0 Å². The van der Waals surface area contributed by atoms with Gasteiger partial charge in [0, 0.05) is 0 Å². The van der Waals surface area contributed by atoms with E-state index in [1.165, 1.54) is 11.1 Å². The summed E-state index contributed by atoms with van der Waals surface area (Å²) >= 11 is 0. The van der Waals surface area contributed by atoms with Gasteiger partial charge in [-0.2, -0.15) is 0 Å². The molecular weight excluding hydrogens is 212 g/mol. The SMILES string of the molecule is Cc1ccc(C(O)c2cc(C)c(C)cc2C)o1. The lowest BCUT2D eigenvalue weighted by Crippen LogP contribution is -2.02. The second-order valence-corrected chi connectivity index (χ2v) is 4.64. The summed E-state index contributed by atoms with van der Waals surface area (Å²) in [7, 11) is 0. The summed E-state index contributed by atoms with van der Waals surface area (Å²) in [5.41, 5.74) is 4.44. The van der Waals surface area contributed by atoms with E-state index in [-0.39, 0.29) is 0 Å². The molecule has 1 aromatic carbocycles. The maximum absolute atomic E-state index is 10.3. The fraction of sp³-hybridized carbons (Fsp3) is 0.333. The minimum Gasteiger partial charge on any atom is -0.463 e. The highest BCUT2D eigenvalue weighted by Crippen LogP contribution is 2.28. The number of rotatable bonds is 2. The Hall–Kier alpha value is -1.54. The molecule has 2 nitrogen and oxygen atoms in total. The van der Waals surface area contributed by atoms with Gasteiger partial charge in [-0.15, -0.1) is 0 Å². The highest BCUT2D eigenvalue weighted by molar-refractivity contribution is 5.39. The molecule has 90 valence electrons. The topological polar surface area (TPSA) is 33.4 Å². The zero-order chi connectivity index (χ0) is 12.6. The average Bonchev–Trinajstić information content (AvgIpc) is 2.69. The number of benzene rings is 1. The normalized spacial score (nSPS) is 12.8. The van der Waals surface area contributed by atoms with Gasteiger partial charge in [0.25, 0.3) is 0 Å². The van der Waals surface area contributed by atoms with Gasteiger partial charge in [0.05, 0.1) is 0 Å². The molecule has 1 unspecified atom stereocenters. The number of furan rings is 1. The van der Waals surface area contributed by atoms with Crippen molar-refractivity contribution in [2.45, 2.75) is 33.8 Å². The first-order valence-electron chi connectivity index (χ1n) is 5.81. The van der Waals surface area contributed by atoms with Gasteiger partial charge < -0.3 is 9.52 Å². The zero-order valence-electron chi connectivity index (χ0n) is 10.7. The third-order valence-corrected chi connectivity index (χ3v) is 3.21. The largest absolute Gasteiger partial charge is 0.463 e. The van der Waals surface area contributed by atoms with Crippen LogP contribution in [-0.4, -0.2) is 5.11 Å². The Morgan fingerprint density at radius 1 is 0.941 bits per heavy atom. The van der Waals surface area contributed by atoms with Crippen LogP contribution >= 0.6 is 0 Å². The molecule has 0 aliphatic rings. The Labute approximate surface area is 102 Å². The van der Waals surface area contributed by atoms with Crippen molar-refractivity contribution in [1.29, 1.82) is 0 Å². The summed E-state index contributed by atoms with van der Waals surface area (Å²) in [6.45, 7) is 8.03. The van der Waals surface area contributed by atoms with E-state index in [1.54, 1.807) is 0 Å². The Morgan fingerprint density at radius 3 is 2.18 bits per heavy atom. The fourth-order valence-corrected chi connectivity index (χ4v) is 2.03. The summed E-state index contributed by atoms with van der Waals surface area (Å²) in [6, 6.07) is 7.83. The van der Waals surface area contributed by atoms with Crippen LogP contribution in [0.25, 0.3) is 0 Å². The maximum atomic E-state index is 10.3. The Balaban J connectivity index is 2.43. The Kier molecular flexibility index (Phi) is 3.07. The van der Waals surface area contributed by atoms with Crippen LogP contribution in [0.1, 0.15) is 39.9 Å². The molecule has 1 aromatic heterocycles. The molecule has 0 radical (unpaired) electrons. The second kappa shape index (κ2) is 4.38. The standard InChI is InChI=1S/C15H18O2/c1-9-7-11(3)13(8-10(9)2)15(16)14-6-5-12(4)17-14/h5-8,15-16H,1-4H3. The second-order valence-electron chi connectivity index (χ2n) is 4.64. The summed E-state index contributed by atoms with van der Waals surface area (Å²) < 4.78 is 5.47. The Morgan fingerprint density at radius 2 is 1.59 bits per heavy atom. The molecule has 1 atom stereocenters. The van der Waals surface area contributed by atoms with Crippen LogP contribution in [0.4, 0.5) is 0 Å². The summed E-state index contributed by atoms with van der Waals surface area (Å²) in [4.78, 5) is 0. The molecule has 2 rings (SSSR count). The summed E-state index contributed by atoms with van der Waals surface area (Å²) in [5, 5.41) is 10.3. The van der Waals surface area contributed by atoms with Gasteiger partial charge in [0.15, 0.2) is 0 Å². The van der Waals surface area contributed by atoms with E-state index in [0.29, 0.717) is 5.76 Å². The van der Waals surface area contributed by atoms with Gasteiger partial charge in [-0.25, -0.2) is 0 Å². The molecule has 17 heavy (non-hydrogen) atoms. The number of hydrogen-bond acceptors (Lipinski definition) is 2. The number of aliphatic hydroxyl groups is 1. The highest BCUT2D eigenvalue weighted by Gasteiger charge is 2.16. The van der Waals surface area contributed by atoms with Gasteiger partial charge in [-0.1, -0.05) is 12.1 Å². The predicted octanol–water partition coefficient (Wildman–Crippen LogP) is 3.59. The zero-order valence-corrected chi connectivity index (χ0v) is 10.7. The van der Waals surface area contributed by atoms with Crippen molar-refractivity contribution < 1.29 is 9.52 Å². The monoisotopic (exact) mass is 230 g/mol. The lowest BCUT2D eigenvalue weighted by molar-refractivity contribution is 0.187. The van der Waals surface area contributed by atoms with E-state index in [2.05, 4.69) is 19.9 Å². The van der Waals surface area contributed by atoms with E-state index in [0.717, 1.165) is 16.9 Å². The lowest BCUT2D eigenvalue weighted by atomic mass is 9.96. The van der Waals surface area contributed by atoms with Gasteiger partial charge in [-0.3, -0.25) is 0 Å². The summed E-state index contributed by atoms with van der Waals surface area (Å²) in [5.74, 6) is 1.43. The van der Waals surface area contributed by atoms with Crippen LogP contribution in [0.15, 0.2) is 28.7 Å². The third kappa shape index (κ3) is 2.27. The molecule has 0 aliphatic carbocycles. The van der Waals surface area contributed by atoms with E-state index in [9.17, 15) is 5.11 Å². The van der Waals surface area contributed by atoms with Crippen LogP contribution in [-0.2, 0) is 0 Å². The molecule has 0 spiro atoms. The highest BCUT2D eigenvalue weighted by atomic mass is 16.4. The van der Waals surface area contributed by atoms with Gasteiger partial charge in [0.2, 0.25) is 0 Å². The molecule has 0 saturated heterocycles. The van der Waals surface area contributed by atoms with Crippen molar-refractivity contribution in [3.05, 3.63) is 58.0 Å². The minimum atomic E-state index is -0.678. The van der Waals surface area contributed by atoms with Crippen LogP contribution in [0.5, 0.6) is 0 Å². The number of hydrogen-bond donors (Lipinski definition) is 1. The molecule has 0 amide bonds. The molecular formula is C15H18O2. The third-order valence-electron chi connectivity index (χ3n) is 3.21. The van der Waals surface area contributed by atoms with Gasteiger partial charge >= 0.3 is 0 Å². The van der Waals surface area contributed by atoms with Crippen molar-refractivity contribution in [1.82, 2.24) is 0 Å². The minimum absolute atomic E-state index is 0.605.